The monoisotopic (exact) mass is 595 g/mol. The minimum absolute atomic E-state index is 0.143. The molecule has 0 spiro atoms. The average Bonchev–Trinajstić information content (AvgIpc) is 3.54. The summed E-state index contributed by atoms with van der Waals surface area (Å²) in [6, 6.07) is 15.9. The number of nitrogens with one attached hydrogen (secondary N) is 1. The van der Waals surface area contributed by atoms with Gasteiger partial charge in [0.2, 0.25) is 5.91 Å². The fraction of sp³-hybridized carbons (Fsp3) is 0.242. The highest BCUT2D eigenvalue weighted by Crippen LogP contribution is 2.46. The van der Waals surface area contributed by atoms with Gasteiger partial charge in [-0.15, -0.1) is 3.89 Å². The minimum Gasteiger partial charge on any atom is -0.369 e. The van der Waals surface area contributed by atoms with Crippen molar-refractivity contribution in [2.45, 2.75) is 13.8 Å². The Kier molecular flexibility index (Phi) is 7.81. The summed E-state index contributed by atoms with van der Waals surface area (Å²) in [5.74, 6) is -0.300. The van der Waals surface area contributed by atoms with Gasteiger partial charge >= 0.3 is 0 Å². The molecule has 43 heavy (non-hydrogen) atoms. The highest BCUT2D eigenvalue weighted by atomic mass is 32.2. The first-order chi connectivity index (χ1) is 20.8. The molecule has 5 aromatic rings. The fourth-order valence-electron chi connectivity index (χ4n) is 5.85. The Morgan fingerprint density at radius 2 is 1.74 bits per heavy atom. The first-order valence-corrected chi connectivity index (χ1v) is 14.9. The van der Waals surface area contributed by atoms with Gasteiger partial charge in [-0.3, -0.25) is 9.48 Å². The van der Waals surface area contributed by atoms with E-state index in [4.69, 9.17) is 4.98 Å². The minimum atomic E-state index is -0.300. The number of aromatic nitrogens is 4. The number of carbonyl (C=O) groups excluding carboxylic acids is 1. The van der Waals surface area contributed by atoms with Gasteiger partial charge in [-0.05, 0) is 62.4 Å². The summed E-state index contributed by atoms with van der Waals surface area (Å²) in [6.45, 7) is 11.6. The third-order valence-corrected chi connectivity index (χ3v) is 8.90. The second-order valence-electron chi connectivity index (χ2n) is 11.0. The molecule has 220 valence electrons. The van der Waals surface area contributed by atoms with E-state index in [1.807, 2.05) is 56.0 Å². The quantitative estimate of drug-likeness (QED) is 0.213. The zero-order valence-electron chi connectivity index (χ0n) is 24.8. The van der Waals surface area contributed by atoms with Gasteiger partial charge in [0.15, 0.2) is 18.0 Å². The van der Waals surface area contributed by atoms with Crippen molar-refractivity contribution < 1.29 is 8.68 Å². The highest BCUT2D eigenvalue weighted by molar-refractivity contribution is 7.93. The molecule has 10 heteroatoms. The Hall–Kier alpha value is -4.41. The smallest absolute Gasteiger partial charge is 0.247 e. The van der Waals surface area contributed by atoms with E-state index >= 15 is 3.89 Å². The Labute approximate surface area is 255 Å². The van der Waals surface area contributed by atoms with Crippen molar-refractivity contribution in [3.05, 3.63) is 84.8 Å². The molecule has 4 heterocycles. The van der Waals surface area contributed by atoms with Gasteiger partial charge < -0.3 is 15.1 Å². The van der Waals surface area contributed by atoms with E-state index in [1.54, 1.807) is 10.2 Å². The van der Waals surface area contributed by atoms with Gasteiger partial charge in [0.1, 0.15) is 0 Å². The van der Waals surface area contributed by atoms with Gasteiger partial charge in [0, 0.05) is 84.1 Å². The van der Waals surface area contributed by atoms with E-state index in [2.05, 4.69) is 58.1 Å². The second kappa shape index (κ2) is 11.7. The molecule has 1 saturated heterocycles. The standard InChI is InChI=1S/C33H34FN7OS/c1-6-29(42)37-25-9-7-8-24(18-25)31-30-21(2)27(28-20-36-39(5)22(28)3)19-35-33(30)41(43-34)32(31)23-10-12-26(13-11-23)40-16-14-38(4)15-17-40/h6-13,18-20H,1,14-17H2,2-5H3,(H,37,42). The predicted molar refractivity (Wildman–Crippen MR) is 175 cm³/mol. The molecule has 0 saturated carbocycles. The summed E-state index contributed by atoms with van der Waals surface area (Å²) in [5, 5.41) is 8.15. The Bertz CT molecular complexity index is 1830. The number of piperazine rings is 1. The molecule has 6 rings (SSSR count). The van der Waals surface area contributed by atoms with Crippen LogP contribution in [0.1, 0.15) is 11.3 Å². The van der Waals surface area contributed by atoms with Crippen molar-refractivity contribution in [3.8, 4) is 33.5 Å². The number of anilines is 2. The lowest BCUT2D eigenvalue weighted by Gasteiger charge is -2.34. The number of aryl methyl sites for hydroxylation is 2. The maximum atomic E-state index is 15.0. The summed E-state index contributed by atoms with van der Waals surface area (Å²) >= 11 is 0.143. The molecule has 1 aliphatic heterocycles. The van der Waals surface area contributed by atoms with Crippen LogP contribution in [0.15, 0.2) is 73.6 Å². The number of fused-ring (bicyclic) bond motifs is 1. The normalized spacial score (nSPS) is 13.9. The molecule has 1 fully saturated rings. The van der Waals surface area contributed by atoms with Crippen molar-refractivity contribution >= 4 is 40.6 Å². The van der Waals surface area contributed by atoms with Gasteiger partial charge in [-0.1, -0.05) is 30.8 Å². The van der Waals surface area contributed by atoms with Crippen LogP contribution in [0.25, 0.3) is 44.5 Å². The average molecular weight is 596 g/mol. The van der Waals surface area contributed by atoms with Crippen LogP contribution in [0.4, 0.5) is 15.3 Å². The third kappa shape index (κ3) is 5.21. The number of amides is 1. The number of likely N-dealkylation sites (N-methyl/N-ethyl adjacent to an activating group) is 1. The van der Waals surface area contributed by atoms with Crippen LogP contribution >= 0.6 is 12.3 Å². The van der Waals surface area contributed by atoms with Crippen molar-refractivity contribution in [3.63, 3.8) is 0 Å². The van der Waals surface area contributed by atoms with E-state index in [0.717, 1.165) is 76.3 Å². The van der Waals surface area contributed by atoms with Gasteiger partial charge in [-0.2, -0.15) is 5.10 Å². The van der Waals surface area contributed by atoms with Crippen LogP contribution in [-0.2, 0) is 11.8 Å². The maximum Gasteiger partial charge on any atom is 0.247 e. The van der Waals surface area contributed by atoms with Crippen molar-refractivity contribution in [1.82, 2.24) is 23.6 Å². The SMILES string of the molecule is C=CC(=O)Nc1cccc(-c2c(-c3ccc(N4CCN(C)CC4)cc3)n(SF)c3ncc(-c4cnn(C)c4C)c(C)c23)c1. The van der Waals surface area contributed by atoms with Gasteiger partial charge in [0.25, 0.3) is 0 Å². The summed E-state index contributed by atoms with van der Waals surface area (Å²) in [4.78, 5) is 21.7. The van der Waals surface area contributed by atoms with Crippen molar-refractivity contribution in [1.29, 1.82) is 0 Å². The Morgan fingerprint density at radius 3 is 2.40 bits per heavy atom. The fourth-order valence-corrected chi connectivity index (χ4v) is 6.32. The number of rotatable bonds is 7. The predicted octanol–water partition coefficient (Wildman–Crippen LogP) is 6.64. The summed E-state index contributed by atoms with van der Waals surface area (Å²) in [7, 11) is 4.05. The molecule has 0 unspecified atom stereocenters. The molecule has 8 nitrogen and oxygen atoms in total. The molecule has 2 aromatic carbocycles. The van der Waals surface area contributed by atoms with Crippen LogP contribution in [0.5, 0.6) is 0 Å². The van der Waals surface area contributed by atoms with E-state index in [1.165, 1.54) is 6.08 Å². The lowest BCUT2D eigenvalue weighted by atomic mass is 9.93. The van der Waals surface area contributed by atoms with Crippen LogP contribution < -0.4 is 10.2 Å². The molecule has 1 amide bonds. The first-order valence-electron chi connectivity index (χ1n) is 14.2. The molecule has 1 N–H and O–H groups in total. The maximum absolute atomic E-state index is 15.0. The number of nitrogens with zero attached hydrogens (tertiary/aromatic N) is 6. The zero-order valence-corrected chi connectivity index (χ0v) is 25.6. The number of halogens is 1. The lowest BCUT2D eigenvalue weighted by Crippen LogP contribution is -2.44. The second-order valence-corrected chi connectivity index (χ2v) is 11.5. The van der Waals surface area contributed by atoms with E-state index in [0.29, 0.717) is 17.0 Å². The highest BCUT2D eigenvalue weighted by Gasteiger charge is 2.26. The first kappa shape index (κ1) is 28.7. The van der Waals surface area contributed by atoms with Gasteiger partial charge in [0.05, 0.1) is 11.9 Å². The molecular weight excluding hydrogens is 561 g/mol. The number of carbonyl (C=O) groups is 1. The van der Waals surface area contributed by atoms with Crippen LogP contribution in [-0.4, -0.2) is 62.8 Å². The summed E-state index contributed by atoms with van der Waals surface area (Å²) in [6.07, 6.45) is 4.89. The van der Waals surface area contributed by atoms with E-state index in [-0.39, 0.29) is 18.2 Å². The zero-order chi connectivity index (χ0) is 30.2. The molecular formula is C33H34FN7OS. The molecule has 3 aromatic heterocycles. The molecule has 0 aliphatic carbocycles. The number of hydrogen-bond acceptors (Lipinski definition) is 6. The number of benzene rings is 2. The number of pyridine rings is 1. The summed E-state index contributed by atoms with van der Waals surface area (Å²) in [5.41, 5.74) is 9.45. The Balaban J connectivity index is 1.58. The lowest BCUT2D eigenvalue weighted by molar-refractivity contribution is -0.111. The largest absolute Gasteiger partial charge is 0.369 e. The topological polar surface area (TPSA) is 71.2 Å². The van der Waals surface area contributed by atoms with Gasteiger partial charge in [-0.25, -0.2) is 8.96 Å². The molecule has 0 bridgehead atoms. The number of hydrogen-bond donors (Lipinski definition) is 1. The van der Waals surface area contributed by atoms with Crippen molar-refractivity contribution in [2.24, 2.45) is 7.05 Å². The molecule has 0 atom stereocenters. The molecule has 1 aliphatic rings. The molecule has 0 radical (unpaired) electrons. The third-order valence-electron chi connectivity index (χ3n) is 8.41. The van der Waals surface area contributed by atoms with E-state index in [9.17, 15) is 4.79 Å². The van der Waals surface area contributed by atoms with Crippen molar-refractivity contribution in [2.75, 3.05) is 43.4 Å². The van der Waals surface area contributed by atoms with E-state index < -0.39 is 0 Å². The van der Waals surface area contributed by atoms with Crippen LogP contribution in [0.3, 0.4) is 0 Å². The summed E-state index contributed by atoms with van der Waals surface area (Å²) < 4.78 is 18.4. The van der Waals surface area contributed by atoms with Crippen LogP contribution in [0.2, 0.25) is 0 Å². The van der Waals surface area contributed by atoms with Crippen LogP contribution in [0, 0.1) is 13.8 Å². The Morgan fingerprint density at radius 1 is 1.00 bits per heavy atom.